The number of carbonyl (C=O) groups excluding carboxylic acids is 2. The molecule has 3 heterocycles. The minimum Gasteiger partial charge on any atom is -0.462 e. The van der Waals surface area contributed by atoms with Gasteiger partial charge in [-0.15, -0.1) is 5.54 Å². The van der Waals surface area contributed by atoms with Crippen molar-refractivity contribution in [3.63, 3.8) is 0 Å². The summed E-state index contributed by atoms with van der Waals surface area (Å²) >= 11 is 0. The normalized spacial score (nSPS) is 21.5. The number of hydrogen-bond donors (Lipinski definition) is 0. The number of halogens is 1. The third kappa shape index (κ3) is 5.71. The third-order valence-electron chi connectivity index (χ3n) is 6.48. The van der Waals surface area contributed by atoms with Gasteiger partial charge in [-0.25, -0.2) is 14.2 Å². The van der Waals surface area contributed by atoms with Crippen molar-refractivity contribution >= 4 is 20.0 Å². The second kappa shape index (κ2) is 11.1. The Hall–Kier alpha value is -3.37. The van der Waals surface area contributed by atoms with Crippen molar-refractivity contribution < 1.29 is 28.2 Å². The van der Waals surface area contributed by atoms with E-state index in [1.165, 1.54) is 26.5 Å². The van der Waals surface area contributed by atoms with Crippen LogP contribution in [0.4, 0.5) is 4.39 Å². The summed E-state index contributed by atoms with van der Waals surface area (Å²) in [7, 11) is -2.00. The first-order chi connectivity index (χ1) is 17.1. The van der Waals surface area contributed by atoms with Gasteiger partial charge < -0.3 is 14.2 Å². The molecule has 0 aromatic carbocycles. The topological polar surface area (TPSA) is 127 Å². The molecule has 1 fully saturated rings. The fourth-order valence-electron chi connectivity index (χ4n) is 4.11. The van der Waals surface area contributed by atoms with E-state index < -0.39 is 49.5 Å². The van der Waals surface area contributed by atoms with Gasteiger partial charge in [0.05, 0.1) is 6.20 Å². The van der Waals surface area contributed by atoms with Crippen LogP contribution in [0.5, 0.6) is 0 Å². The lowest BCUT2D eigenvalue weighted by atomic mass is 9.98. The smallest absolute Gasteiger partial charge is 0.351 e. The second-order valence-corrected chi connectivity index (χ2v) is 13.5. The van der Waals surface area contributed by atoms with Gasteiger partial charge in [0.2, 0.25) is 5.60 Å². The van der Waals surface area contributed by atoms with Gasteiger partial charge in [0.25, 0.3) is 0 Å². The summed E-state index contributed by atoms with van der Waals surface area (Å²) in [5, 5.41) is 3.80. The van der Waals surface area contributed by atoms with Crippen LogP contribution >= 0.6 is 0 Å². The number of nitrogens with zero attached hydrogens (tertiary/aromatic N) is 5. The van der Waals surface area contributed by atoms with E-state index in [-0.39, 0.29) is 18.8 Å². The van der Waals surface area contributed by atoms with Gasteiger partial charge in [-0.3, -0.25) is 14.2 Å². The number of esters is 2. The molecule has 0 aliphatic carbocycles. The Morgan fingerprint density at radius 3 is 2.50 bits per heavy atom. The van der Waals surface area contributed by atoms with Crippen LogP contribution in [-0.4, -0.2) is 62.6 Å². The summed E-state index contributed by atoms with van der Waals surface area (Å²) in [6.45, 7) is 8.40. The van der Waals surface area contributed by atoms with Crippen LogP contribution in [0.15, 0.2) is 23.6 Å². The molecule has 0 amide bonds. The molecule has 0 radical (unpaired) electrons. The minimum absolute atomic E-state index is 0.0296. The van der Waals surface area contributed by atoms with Crippen molar-refractivity contribution in [1.29, 1.82) is 0 Å². The number of ether oxygens (including phenoxy) is 3. The SMILES string of the molecule is CC[Si](C#CC1(COC(C)=O)OC(n2cc(F)c(-n3cncn3)nc2=O)CC1OC(C)=O)(CC)CC. The highest BCUT2D eigenvalue weighted by molar-refractivity contribution is 6.87. The van der Waals surface area contributed by atoms with E-state index in [0.717, 1.165) is 33.6 Å². The fourth-order valence-corrected chi connectivity index (χ4v) is 6.62. The maximum absolute atomic E-state index is 14.9. The van der Waals surface area contributed by atoms with E-state index in [4.69, 9.17) is 14.2 Å². The molecule has 2 aromatic rings. The molecule has 1 aliphatic heterocycles. The lowest BCUT2D eigenvalue weighted by Crippen LogP contribution is -2.46. The van der Waals surface area contributed by atoms with Gasteiger partial charge in [-0.2, -0.15) is 14.8 Å². The van der Waals surface area contributed by atoms with Crippen LogP contribution in [0.3, 0.4) is 0 Å². The molecule has 11 nitrogen and oxygen atoms in total. The Balaban J connectivity index is 2.08. The Kier molecular flexibility index (Phi) is 8.42. The zero-order valence-electron chi connectivity index (χ0n) is 21.0. The van der Waals surface area contributed by atoms with Crippen LogP contribution in [0.25, 0.3) is 5.82 Å². The molecule has 3 atom stereocenters. The molecule has 1 saturated heterocycles. The lowest BCUT2D eigenvalue weighted by molar-refractivity contribution is -0.164. The first kappa shape index (κ1) is 27.2. The van der Waals surface area contributed by atoms with Crippen LogP contribution in [0.2, 0.25) is 18.1 Å². The Labute approximate surface area is 209 Å². The number of hydrogen-bond acceptors (Lipinski definition) is 9. The molecule has 0 spiro atoms. The van der Waals surface area contributed by atoms with Crippen molar-refractivity contribution in [2.75, 3.05) is 6.61 Å². The Morgan fingerprint density at radius 1 is 1.25 bits per heavy atom. The third-order valence-corrected chi connectivity index (χ3v) is 11.2. The molecular weight excluding hydrogens is 489 g/mol. The molecule has 3 unspecified atom stereocenters. The van der Waals surface area contributed by atoms with Crippen molar-refractivity contribution in [1.82, 2.24) is 24.3 Å². The van der Waals surface area contributed by atoms with E-state index in [1.807, 2.05) is 0 Å². The first-order valence-electron chi connectivity index (χ1n) is 11.7. The lowest BCUT2D eigenvalue weighted by Gasteiger charge is -2.29. The fraction of sp³-hybridized carbons (Fsp3) is 0.565. The number of aromatic nitrogens is 5. The molecule has 0 bridgehead atoms. The highest BCUT2D eigenvalue weighted by Crippen LogP contribution is 2.39. The average Bonchev–Trinajstić information content (AvgIpc) is 3.49. The monoisotopic (exact) mass is 519 g/mol. The molecule has 194 valence electrons. The summed E-state index contributed by atoms with van der Waals surface area (Å²) in [5.41, 5.74) is 1.05. The largest absolute Gasteiger partial charge is 0.462 e. The van der Waals surface area contributed by atoms with E-state index >= 15 is 0 Å². The van der Waals surface area contributed by atoms with E-state index in [2.05, 4.69) is 47.3 Å². The maximum Gasteiger partial charge on any atom is 0.351 e. The molecule has 2 aromatic heterocycles. The molecule has 13 heteroatoms. The van der Waals surface area contributed by atoms with Gasteiger partial charge in [0.1, 0.15) is 39.7 Å². The van der Waals surface area contributed by atoms with Crippen LogP contribution in [0.1, 0.15) is 47.3 Å². The van der Waals surface area contributed by atoms with Gasteiger partial charge in [-0.1, -0.05) is 26.7 Å². The zero-order chi connectivity index (χ0) is 26.5. The summed E-state index contributed by atoms with van der Waals surface area (Å²) < 4.78 is 33.9. The summed E-state index contributed by atoms with van der Waals surface area (Å²) in [6.07, 6.45) is 1.25. The van der Waals surface area contributed by atoms with Crippen LogP contribution in [-0.2, 0) is 23.8 Å². The number of rotatable bonds is 8. The van der Waals surface area contributed by atoms with E-state index in [1.54, 1.807) is 0 Å². The first-order valence-corrected chi connectivity index (χ1v) is 14.4. The highest BCUT2D eigenvalue weighted by atomic mass is 28.3. The molecule has 0 saturated carbocycles. The van der Waals surface area contributed by atoms with Crippen molar-refractivity contribution in [2.24, 2.45) is 0 Å². The van der Waals surface area contributed by atoms with Gasteiger partial charge in [-0.05, 0) is 18.1 Å². The molecule has 36 heavy (non-hydrogen) atoms. The Bertz CT molecular complexity index is 1210. The average molecular weight is 520 g/mol. The summed E-state index contributed by atoms with van der Waals surface area (Å²) in [6, 6.07) is 2.70. The molecule has 0 N–H and O–H groups in total. The Morgan fingerprint density at radius 2 is 1.94 bits per heavy atom. The minimum atomic E-state index is -2.00. The molecule has 3 rings (SSSR count). The summed E-state index contributed by atoms with van der Waals surface area (Å²) in [4.78, 5) is 44.0. The van der Waals surface area contributed by atoms with Gasteiger partial charge >= 0.3 is 17.6 Å². The van der Waals surface area contributed by atoms with Gasteiger partial charge in [0, 0.05) is 20.3 Å². The predicted molar refractivity (Wildman–Crippen MR) is 128 cm³/mol. The zero-order valence-corrected chi connectivity index (χ0v) is 22.0. The summed E-state index contributed by atoms with van der Waals surface area (Å²) in [5.74, 6) is 0.820. The standard InChI is InChI=1S/C23H30FN5O6Si/c1-6-36(7-2,8-3)10-9-23(13-33-16(4)30)19(34-17(5)31)11-20(35-23)28-12-18(24)21(27-22(28)32)29-15-25-14-26-29/h12,14-15,19-20H,6-8,11,13H2,1-5H3. The van der Waals surface area contributed by atoms with Gasteiger partial charge in [0.15, 0.2) is 11.6 Å². The molecule has 1 aliphatic rings. The van der Waals surface area contributed by atoms with E-state index in [9.17, 15) is 18.8 Å². The maximum atomic E-state index is 14.9. The predicted octanol–water partition coefficient (Wildman–Crippen LogP) is 2.17. The highest BCUT2D eigenvalue weighted by Gasteiger charge is 2.52. The van der Waals surface area contributed by atoms with Crippen LogP contribution < -0.4 is 5.69 Å². The van der Waals surface area contributed by atoms with Crippen LogP contribution in [0, 0.1) is 17.3 Å². The van der Waals surface area contributed by atoms with E-state index in [0.29, 0.717) is 0 Å². The van der Waals surface area contributed by atoms with Crippen molar-refractivity contribution in [3.8, 4) is 17.3 Å². The van der Waals surface area contributed by atoms with Crippen molar-refractivity contribution in [2.45, 2.75) is 77.1 Å². The number of carbonyl (C=O) groups is 2. The van der Waals surface area contributed by atoms with Crippen molar-refractivity contribution in [3.05, 3.63) is 35.2 Å². The molecular formula is C23H30FN5O6Si. The quantitative estimate of drug-likeness (QED) is 0.293. The second-order valence-electron chi connectivity index (χ2n) is 8.61.